The average Bonchev–Trinajstić information content (AvgIpc) is 2.54. The van der Waals surface area contributed by atoms with E-state index in [2.05, 4.69) is 0 Å². The highest BCUT2D eigenvalue weighted by Gasteiger charge is 2.46. The molecule has 4 rings (SSSR count). The van der Waals surface area contributed by atoms with E-state index in [1.807, 2.05) is 0 Å². The standard InChI is InChI=1S/C19H19FO3S/c20-18-9-8-17(15-6-1-2-7-16(15)18)19(21)12-10-13-4-3-5-14(11-12)24(13,22)23/h1-2,6-9,12-14H,3-5,10-11H2. The Morgan fingerprint density at radius 1 is 0.958 bits per heavy atom. The Bertz CT molecular complexity index is 899. The summed E-state index contributed by atoms with van der Waals surface area (Å²) in [5.74, 6) is -0.666. The summed E-state index contributed by atoms with van der Waals surface area (Å²) in [5, 5.41) is 0.282. The molecule has 0 amide bonds. The second-order valence-electron chi connectivity index (χ2n) is 6.94. The summed E-state index contributed by atoms with van der Waals surface area (Å²) in [4.78, 5) is 13.0. The summed E-state index contributed by atoms with van der Waals surface area (Å²) >= 11 is 0. The predicted octanol–water partition coefficient (Wildman–Crippen LogP) is 3.91. The van der Waals surface area contributed by atoms with Crippen LogP contribution in [0.3, 0.4) is 0 Å². The first-order valence-electron chi connectivity index (χ1n) is 8.42. The Hall–Kier alpha value is -1.75. The van der Waals surface area contributed by atoms with Gasteiger partial charge in [-0.1, -0.05) is 30.7 Å². The summed E-state index contributed by atoms with van der Waals surface area (Å²) in [5.41, 5.74) is 0.509. The first-order chi connectivity index (χ1) is 11.5. The van der Waals surface area contributed by atoms with Crippen LogP contribution >= 0.6 is 0 Å². The van der Waals surface area contributed by atoms with Gasteiger partial charge in [-0.15, -0.1) is 0 Å². The third kappa shape index (κ3) is 2.37. The molecule has 3 nitrogen and oxygen atoms in total. The molecule has 0 aliphatic carbocycles. The minimum Gasteiger partial charge on any atom is -0.294 e. The van der Waals surface area contributed by atoms with Crippen molar-refractivity contribution in [2.75, 3.05) is 0 Å². The van der Waals surface area contributed by atoms with Crippen LogP contribution in [-0.4, -0.2) is 24.7 Å². The number of ketones is 1. The van der Waals surface area contributed by atoms with Gasteiger partial charge >= 0.3 is 0 Å². The summed E-state index contributed by atoms with van der Waals surface area (Å²) in [6, 6.07) is 9.83. The molecular weight excluding hydrogens is 327 g/mol. The first kappa shape index (κ1) is 15.8. The van der Waals surface area contributed by atoms with Gasteiger partial charge in [0, 0.05) is 16.9 Å². The summed E-state index contributed by atoms with van der Waals surface area (Å²) in [6.45, 7) is 0. The number of carbonyl (C=O) groups excluding carboxylic acids is 1. The lowest BCUT2D eigenvalue weighted by molar-refractivity contribution is 0.0895. The zero-order chi connectivity index (χ0) is 16.9. The van der Waals surface area contributed by atoms with Gasteiger partial charge in [0.05, 0.1) is 10.5 Å². The summed E-state index contributed by atoms with van der Waals surface area (Å²) in [6.07, 6.45) is 3.06. The molecule has 126 valence electrons. The maximum Gasteiger partial charge on any atom is 0.166 e. The lowest BCUT2D eigenvalue weighted by Crippen LogP contribution is -2.45. The molecule has 2 atom stereocenters. The van der Waals surface area contributed by atoms with E-state index in [4.69, 9.17) is 0 Å². The van der Waals surface area contributed by atoms with Gasteiger partial charge in [-0.3, -0.25) is 4.79 Å². The molecule has 0 N–H and O–H groups in total. The van der Waals surface area contributed by atoms with Crippen LogP contribution in [0.25, 0.3) is 10.8 Å². The van der Waals surface area contributed by atoms with E-state index < -0.39 is 9.84 Å². The second kappa shape index (κ2) is 5.66. The van der Waals surface area contributed by atoms with Crippen molar-refractivity contribution in [2.24, 2.45) is 5.92 Å². The van der Waals surface area contributed by atoms with Crippen LogP contribution in [0.15, 0.2) is 36.4 Å². The molecule has 0 radical (unpaired) electrons. The molecule has 2 saturated heterocycles. The molecule has 2 fully saturated rings. The number of sulfone groups is 1. The zero-order valence-corrected chi connectivity index (χ0v) is 14.1. The molecule has 2 heterocycles. The van der Waals surface area contributed by atoms with Crippen molar-refractivity contribution in [1.29, 1.82) is 0 Å². The fourth-order valence-corrected chi connectivity index (χ4v) is 6.86. The predicted molar refractivity (Wildman–Crippen MR) is 91.3 cm³/mol. The molecular formula is C19H19FO3S. The van der Waals surface area contributed by atoms with Crippen LogP contribution < -0.4 is 0 Å². The lowest BCUT2D eigenvalue weighted by atomic mass is 9.83. The Morgan fingerprint density at radius 2 is 1.58 bits per heavy atom. The summed E-state index contributed by atoms with van der Waals surface area (Å²) in [7, 11) is -3.08. The zero-order valence-electron chi connectivity index (χ0n) is 13.2. The van der Waals surface area contributed by atoms with E-state index in [0.29, 0.717) is 42.0 Å². The van der Waals surface area contributed by atoms with E-state index in [0.717, 1.165) is 6.42 Å². The Balaban J connectivity index is 1.72. The third-order valence-electron chi connectivity index (χ3n) is 5.58. The van der Waals surface area contributed by atoms with E-state index in [-0.39, 0.29) is 28.0 Å². The number of halogens is 1. The molecule has 0 aromatic heterocycles. The smallest absolute Gasteiger partial charge is 0.166 e. The van der Waals surface area contributed by atoms with Crippen molar-refractivity contribution in [2.45, 2.75) is 42.6 Å². The first-order valence-corrected chi connectivity index (χ1v) is 10.0. The van der Waals surface area contributed by atoms with Crippen LogP contribution in [0.4, 0.5) is 4.39 Å². The second-order valence-corrected chi connectivity index (χ2v) is 9.45. The summed E-state index contributed by atoms with van der Waals surface area (Å²) < 4.78 is 38.8. The quantitative estimate of drug-likeness (QED) is 0.775. The average molecular weight is 346 g/mol. The van der Waals surface area contributed by atoms with Gasteiger partial charge in [-0.25, -0.2) is 12.8 Å². The molecule has 2 bridgehead atoms. The lowest BCUT2D eigenvalue weighted by Gasteiger charge is -2.38. The topological polar surface area (TPSA) is 51.2 Å². The van der Waals surface area contributed by atoms with Crippen molar-refractivity contribution in [3.8, 4) is 0 Å². The molecule has 5 heteroatoms. The Morgan fingerprint density at radius 3 is 2.25 bits per heavy atom. The highest BCUT2D eigenvalue weighted by atomic mass is 32.2. The van der Waals surface area contributed by atoms with E-state index in [1.165, 1.54) is 6.07 Å². The van der Waals surface area contributed by atoms with Crippen LogP contribution in [0.2, 0.25) is 0 Å². The van der Waals surface area contributed by atoms with Crippen molar-refractivity contribution >= 4 is 26.4 Å². The van der Waals surface area contributed by atoms with Gasteiger partial charge in [0.2, 0.25) is 0 Å². The molecule has 2 aliphatic rings. The molecule has 2 aliphatic heterocycles. The number of hydrogen-bond acceptors (Lipinski definition) is 3. The SMILES string of the molecule is O=C(c1ccc(F)c2ccccc12)C1CC2CCCC(C1)S2(=O)=O. The maximum absolute atomic E-state index is 14.0. The van der Waals surface area contributed by atoms with E-state index in [9.17, 15) is 17.6 Å². The van der Waals surface area contributed by atoms with E-state index >= 15 is 0 Å². The number of benzene rings is 2. The Kier molecular flexibility index (Phi) is 3.71. The van der Waals surface area contributed by atoms with Crippen molar-refractivity contribution in [3.05, 3.63) is 47.8 Å². The Labute approximate surface area is 140 Å². The van der Waals surface area contributed by atoms with Crippen LogP contribution in [0, 0.1) is 11.7 Å². The number of fused-ring (bicyclic) bond motifs is 3. The van der Waals surface area contributed by atoms with Crippen molar-refractivity contribution in [3.63, 3.8) is 0 Å². The van der Waals surface area contributed by atoms with Gasteiger partial charge in [-0.05, 0) is 43.2 Å². The number of hydrogen-bond donors (Lipinski definition) is 0. The molecule has 2 aromatic carbocycles. The highest BCUT2D eigenvalue weighted by Crippen LogP contribution is 2.41. The van der Waals surface area contributed by atoms with Gasteiger partial charge in [0.15, 0.2) is 15.6 Å². The highest BCUT2D eigenvalue weighted by molar-refractivity contribution is 7.92. The molecule has 2 aromatic rings. The van der Waals surface area contributed by atoms with Gasteiger partial charge in [0.1, 0.15) is 5.82 Å². The molecule has 24 heavy (non-hydrogen) atoms. The van der Waals surface area contributed by atoms with E-state index in [1.54, 1.807) is 30.3 Å². The van der Waals surface area contributed by atoms with Gasteiger partial charge in [-0.2, -0.15) is 0 Å². The third-order valence-corrected chi connectivity index (χ3v) is 8.30. The normalized spacial score (nSPS) is 28.6. The molecule has 0 saturated carbocycles. The minimum atomic E-state index is -3.08. The van der Waals surface area contributed by atoms with Crippen LogP contribution in [-0.2, 0) is 9.84 Å². The van der Waals surface area contributed by atoms with Gasteiger partial charge in [0.25, 0.3) is 0 Å². The maximum atomic E-state index is 14.0. The largest absolute Gasteiger partial charge is 0.294 e. The van der Waals surface area contributed by atoms with Crippen molar-refractivity contribution in [1.82, 2.24) is 0 Å². The van der Waals surface area contributed by atoms with Crippen LogP contribution in [0.5, 0.6) is 0 Å². The van der Waals surface area contributed by atoms with Gasteiger partial charge < -0.3 is 0 Å². The fraction of sp³-hybridized carbons (Fsp3) is 0.421. The monoisotopic (exact) mass is 346 g/mol. The number of carbonyl (C=O) groups is 1. The fourth-order valence-electron chi connectivity index (χ4n) is 4.32. The number of Topliss-reactive ketones (excluding diaryl/α,β-unsaturated/α-hetero) is 1. The molecule has 0 spiro atoms. The number of rotatable bonds is 2. The van der Waals surface area contributed by atoms with Crippen LogP contribution in [0.1, 0.15) is 42.5 Å². The molecule has 2 unspecified atom stereocenters. The van der Waals surface area contributed by atoms with Crippen molar-refractivity contribution < 1.29 is 17.6 Å². The minimum absolute atomic E-state index is 0.0435.